The van der Waals surface area contributed by atoms with Crippen molar-refractivity contribution >= 4 is 0 Å². The molecule has 0 radical (unpaired) electrons. The number of rotatable bonds is 5. The fourth-order valence-corrected chi connectivity index (χ4v) is 1.75. The van der Waals surface area contributed by atoms with E-state index in [1.165, 1.54) is 5.56 Å². The minimum Gasteiger partial charge on any atom is -0.389 e. The average molecular weight is 242 g/mol. The highest BCUT2D eigenvalue weighted by Gasteiger charge is 2.00. The van der Waals surface area contributed by atoms with Crippen molar-refractivity contribution in [3.8, 4) is 0 Å². The van der Waals surface area contributed by atoms with E-state index in [4.69, 9.17) is 4.74 Å². The summed E-state index contributed by atoms with van der Waals surface area (Å²) in [6, 6.07) is 18.0. The van der Waals surface area contributed by atoms with Gasteiger partial charge in [0.05, 0.1) is 19.3 Å². The molecule has 0 saturated heterocycles. The van der Waals surface area contributed by atoms with Crippen LogP contribution in [-0.4, -0.2) is 5.11 Å². The van der Waals surface area contributed by atoms with E-state index < -0.39 is 6.10 Å². The third-order valence-electron chi connectivity index (χ3n) is 2.84. The van der Waals surface area contributed by atoms with Crippen LogP contribution in [0.25, 0.3) is 0 Å². The first-order valence-electron chi connectivity index (χ1n) is 6.14. The third-order valence-corrected chi connectivity index (χ3v) is 2.84. The van der Waals surface area contributed by atoms with Crippen molar-refractivity contribution in [1.29, 1.82) is 0 Å². The van der Waals surface area contributed by atoms with Gasteiger partial charge in [0.2, 0.25) is 0 Å². The van der Waals surface area contributed by atoms with E-state index in [-0.39, 0.29) is 0 Å². The smallest absolute Gasteiger partial charge is 0.0761 e. The quantitative estimate of drug-likeness (QED) is 0.870. The maximum Gasteiger partial charge on any atom is 0.0761 e. The molecule has 0 amide bonds. The molecule has 0 bridgehead atoms. The van der Waals surface area contributed by atoms with Crippen LogP contribution in [0.2, 0.25) is 0 Å². The molecule has 2 aromatic carbocycles. The van der Waals surface area contributed by atoms with Gasteiger partial charge in [0, 0.05) is 0 Å². The van der Waals surface area contributed by atoms with Gasteiger partial charge in [-0.25, -0.2) is 0 Å². The number of ether oxygens (including phenoxy) is 1. The van der Waals surface area contributed by atoms with Crippen LogP contribution in [0, 0.1) is 0 Å². The van der Waals surface area contributed by atoms with Crippen molar-refractivity contribution < 1.29 is 9.84 Å². The van der Waals surface area contributed by atoms with Crippen LogP contribution in [0.15, 0.2) is 54.6 Å². The van der Waals surface area contributed by atoms with Gasteiger partial charge in [-0.2, -0.15) is 0 Å². The van der Waals surface area contributed by atoms with Gasteiger partial charge in [0.1, 0.15) is 0 Å². The summed E-state index contributed by atoms with van der Waals surface area (Å²) in [6.07, 6.45) is -0.413. The largest absolute Gasteiger partial charge is 0.389 e. The van der Waals surface area contributed by atoms with Crippen molar-refractivity contribution in [1.82, 2.24) is 0 Å². The second kappa shape index (κ2) is 6.34. The summed E-state index contributed by atoms with van der Waals surface area (Å²) in [4.78, 5) is 0. The van der Waals surface area contributed by atoms with E-state index >= 15 is 0 Å². The minimum absolute atomic E-state index is 0.413. The number of benzene rings is 2. The van der Waals surface area contributed by atoms with E-state index in [0.717, 1.165) is 11.1 Å². The molecule has 0 heterocycles. The van der Waals surface area contributed by atoms with Crippen molar-refractivity contribution in [3.05, 3.63) is 71.3 Å². The summed E-state index contributed by atoms with van der Waals surface area (Å²) < 4.78 is 5.64. The number of hydrogen-bond acceptors (Lipinski definition) is 2. The molecule has 0 aliphatic carbocycles. The molecule has 0 aliphatic heterocycles. The second-order valence-electron chi connectivity index (χ2n) is 4.40. The summed E-state index contributed by atoms with van der Waals surface area (Å²) >= 11 is 0. The molecule has 18 heavy (non-hydrogen) atoms. The summed E-state index contributed by atoms with van der Waals surface area (Å²) in [5.41, 5.74) is 3.23. The Bertz CT molecular complexity index is 460. The number of hydrogen-bond donors (Lipinski definition) is 1. The van der Waals surface area contributed by atoms with Crippen LogP contribution in [0.4, 0.5) is 0 Å². The Morgan fingerprint density at radius 2 is 1.44 bits per heavy atom. The van der Waals surface area contributed by atoms with Crippen LogP contribution >= 0.6 is 0 Å². The molecule has 94 valence electrons. The van der Waals surface area contributed by atoms with Crippen molar-refractivity contribution in [2.24, 2.45) is 0 Å². The highest BCUT2D eigenvalue weighted by Crippen LogP contribution is 2.13. The van der Waals surface area contributed by atoms with Crippen molar-refractivity contribution in [2.75, 3.05) is 0 Å². The summed E-state index contributed by atoms with van der Waals surface area (Å²) in [6.45, 7) is 2.98. The monoisotopic (exact) mass is 242 g/mol. The Labute approximate surface area is 108 Å². The first kappa shape index (κ1) is 12.8. The molecular formula is C16H18O2. The zero-order valence-corrected chi connectivity index (χ0v) is 10.5. The fraction of sp³-hybridized carbons (Fsp3) is 0.250. The second-order valence-corrected chi connectivity index (χ2v) is 4.40. The first-order chi connectivity index (χ1) is 8.75. The Kier molecular flexibility index (Phi) is 4.51. The van der Waals surface area contributed by atoms with Gasteiger partial charge >= 0.3 is 0 Å². The summed E-state index contributed by atoms with van der Waals surface area (Å²) in [7, 11) is 0. The average Bonchev–Trinajstić information content (AvgIpc) is 2.40. The van der Waals surface area contributed by atoms with E-state index in [1.54, 1.807) is 6.92 Å². The maximum absolute atomic E-state index is 9.41. The normalized spacial score (nSPS) is 12.3. The van der Waals surface area contributed by atoms with Crippen LogP contribution in [0.3, 0.4) is 0 Å². The van der Waals surface area contributed by atoms with E-state index in [0.29, 0.717) is 13.2 Å². The molecule has 1 N–H and O–H groups in total. The highest BCUT2D eigenvalue weighted by molar-refractivity contribution is 5.23. The summed E-state index contributed by atoms with van der Waals surface area (Å²) in [5.74, 6) is 0. The Morgan fingerprint density at radius 1 is 0.889 bits per heavy atom. The Balaban J connectivity index is 1.83. The molecule has 1 atom stereocenters. The predicted octanol–water partition coefficient (Wildman–Crippen LogP) is 3.46. The van der Waals surface area contributed by atoms with Gasteiger partial charge in [-0.05, 0) is 23.6 Å². The lowest BCUT2D eigenvalue weighted by molar-refractivity contribution is 0.107. The Morgan fingerprint density at radius 3 is 2.00 bits per heavy atom. The zero-order chi connectivity index (χ0) is 12.8. The van der Waals surface area contributed by atoms with Crippen LogP contribution in [0.5, 0.6) is 0 Å². The fourth-order valence-electron chi connectivity index (χ4n) is 1.75. The van der Waals surface area contributed by atoms with E-state index in [9.17, 15) is 5.11 Å². The standard InChI is InChI=1S/C16H18O2/c1-13(17)16-9-7-15(8-10-16)12-18-11-14-5-3-2-4-6-14/h2-10,13,17H,11-12H2,1H3/t13-/m1/s1. The predicted molar refractivity (Wildman–Crippen MR) is 72.0 cm³/mol. The van der Waals surface area contributed by atoms with Gasteiger partial charge < -0.3 is 9.84 Å². The summed E-state index contributed by atoms with van der Waals surface area (Å²) in [5, 5.41) is 9.41. The molecule has 0 spiro atoms. The Hall–Kier alpha value is -1.64. The van der Waals surface area contributed by atoms with Gasteiger partial charge in [-0.1, -0.05) is 54.6 Å². The minimum atomic E-state index is -0.413. The topological polar surface area (TPSA) is 29.5 Å². The van der Waals surface area contributed by atoms with Crippen LogP contribution in [0.1, 0.15) is 29.7 Å². The SMILES string of the molecule is C[C@@H](O)c1ccc(COCc2ccccc2)cc1. The zero-order valence-electron chi connectivity index (χ0n) is 10.5. The maximum atomic E-state index is 9.41. The molecule has 0 saturated carbocycles. The number of aliphatic hydroxyl groups excluding tert-OH is 1. The first-order valence-corrected chi connectivity index (χ1v) is 6.14. The molecule has 2 nitrogen and oxygen atoms in total. The van der Waals surface area contributed by atoms with Gasteiger partial charge in [0.15, 0.2) is 0 Å². The van der Waals surface area contributed by atoms with Crippen LogP contribution in [-0.2, 0) is 18.0 Å². The lowest BCUT2D eigenvalue weighted by atomic mass is 10.1. The molecule has 0 unspecified atom stereocenters. The highest BCUT2D eigenvalue weighted by atomic mass is 16.5. The molecule has 0 fully saturated rings. The number of aliphatic hydroxyl groups is 1. The molecule has 0 aromatic heterocycles. The molecule has 0 aliphatic rings. The van der Waals surface area contributed by atoms with Crippen molar-refractivity contribution in [2.45, 2.75) is 26.2 Å². The molecule has 2 rings (SSSR count). The third kappa shape index (κ3) is 3.69. The molecule has 2 aromatic rings. The lowest BCUT2D eigenvalue weighted by Gasteiger charge is -2.07. The van der Waals surface area contributed by atoms with E-state index in [1.807, 2.05) is 42.5 Å². The molecule has 2 heteroatoms. The van der Waals surface area contributed by atoms with Crippen molar-refractivity contribution in [3.63, 3.8) is 0 Å². The lowest BCUT2D eigenvalue weighted by Crippen LogP contribution is -1.95. The van der Waals surface area contributed by atoms with E-state index in [2.05, 4.69) is 12.1 Å². The molecular weight excluding hydrogens is 224 g/mol. The van der Waals surface area contributed by atoms with Crippen LogP contribution < -0.4 is 0 Å². The van der Waals surface area contributed by atoms with Gasteiger partial charge in [0.25, 0.3) is 0 Å². The van der Waals surface area contributed by atoms with Gasteiger partial charge in [-0.3, -0.25) is 0 Å². The van der Waals surface area contributed by atoms with Gasteiger partial charge in [-0.15, -0.1) is 0 Å².